The summed E-state index contributed by atoms with van der Waals surface area (Å²) in [5, 5.41) is 0. The highest BCUT2D eigenvalue weighted by Crippen LogP contribution is 2.15. The topological polar surface area (TPSA) is 0 Å². The van der Waals surface area contributed by atoms with E-state index in [2.05, 4.69) is 0 Å². The molecular formula is C7H9F3. The third-order valence-electron chi connectivity index (χ3n) is 0.715. The maximum Gasteiger partial charge on any atom is 0.409 e. The summed E-state index contributed by atoms with van der Waals surface area (Å²) in [6.45, 7) is 3.47. The molecule has 58 valence electrons. The van der Waals surface area contributed by atoms with Crippen LogP contribution in [0.5, 0.6) is 0 Å². The van der Waals surface area contributed by atoms with Gasteiger partial charge in [0.25, 0.3) is 0 Å². The average Bonchev–Trinajstić information content (AvgIpc) is 1.59. The summed E-state index contributed by atoms with van der Waals surface area (Å²) in [6, 6.07) is 0. The molecule has 0 atom stereocenters. The van der Waals surface area contributed by atoms with Crippen LogP contribution in [-0.4, -0.2) is 6.18 Å². The van der Waals surface area contributed by atoms with Crippen molar-refractivity contribution < 1.29 is 13.2 Å². The Morgan fingerprint density at radius 3 is 2.00 bits per heavy atom. The van der Waals surface area contributed by atoms with Crippen molar-refractivity contribution in [1.82, 2.24) is 0 Å². The molecule has 0 rings (SSSR count). The lowest BCUT2D eigenvalue weighted by Gasteiger charge is -1.94. The zero-order chi connectivity index (χ0) is 8.20. The second-order valence-corrected chi connectivity index (χ2v) is 2.14. The van der Waals surface area contributed by atoms with E-state index in [0.29, 0.717) is 0 Å². The van der Waals surface area contributed by atoms with Crippen LogP contribution in [0.25, 0.3) is 0 Å². The van der Waals surface area contributed by atoms with Crippen molar-refractivity contribution in [3.05, 3.63) is 23.8 Å². The van der Waals surface area contributed by atoms with Crippen LogP contribution in [0.2, 0.25) is 0 Å². The first-order valence-electron chi connectivity index (χ1n) is 2.81. The second kappa shape index (κ2) is 3.44. The Morgan fingerprint density at radius 2 is 1.70 bits per heavy atom. The molecule has 0 aromatic heterocycles. The van der Waals surface area contributed by atoms with E-state index in [-0.39, 0.29) is 6.08 Å². The molecule has 0 nitrogen and oxygen atoms in total. The van der Waals surface area contributed by atoms with Crippen LogP contribution in [0.1, 0.15) is 13.8 Å². The fraction of sp³-hybridized carbons (Fsp3) is 0.429. The normalized spacial score (nSPS) is 12.1. The van der Waals surface area contributed by atoms with E-state index in [0.717, 1.165) is 11.6 Å². The Labute approximate surface area is 58.0 Å². The molecule has 0 saturated heterocycles. The summed E-state index contributed by atoms with van der Waals surface area (Å²) in [7, 11) is 0. The van der Waals surface area contributed by atoms with E-state index < -0.39 is 6.18 Å². The summed E-state index contributed by atoms with van der Waals surface area (Å²) in [6.07, 6.45) is -1.57. The monoisotopic (exact) mass is 150 g/mol. The van der Waals surface area contributed by atoms with Crippen LogP contribution < -0.4 is 0 Å². The molecule has 0 amide bonds. The third kappa shape index (κ3) is 7.27. The lowest BCUT2D eigenvalue weighted by atomic mass is 10.3. The molecular weight excluding hydrogens is 141 g/mol. The Bertz CT molecular complexity index is 147. The lowest BCUT2D eigenvalue weighted by molar-refractivity contribution is -0.0798. The zero-order valence-electron chi connectivity index (χ0n) is 5.87. The molecule has 3 heteroatoms. The van der Waals surface area contributed by atoms with E-state index in [4.69, 9.17) is 0 Å². The van der Waals surface area contributed by atoms with Crippen LogP contribution >= 0.6 is 0 Å². The third-order valence-corrected chi connectivity index (χ3v) is 0.715. The molecule has 0 aromatic carbocycles. The standard InChI is InChI=1S/C7H9F3/c1-6(2)4-3-5-7(8,9)10/h3-5H,1-2H3/b5-3+. The summed E-state index contributed by atoms with van der Waals surface area (Å²) in [5.41, 5.74) is 0.848. The highest BCUT2D eigenvalue weighted by molar-refractivity contribution is 5.09. The smallest absolute Gasteiger partial charge is 0.167 e. The predicted octanol–water partition coefficient (Wildman–Crippen LogP) is 3.07. The van der Waals surface area contributed by atoms with Gasteiger partial charge in [0.2, 0.25) is 0 Å². The predicted molar refractivity (Wildman–Crippen MR) is 34.6 cm³/mol. The Morgan fingerprint density at radius 1 is 1.20 bits per heavy atom. The van der Waals surface area contributed by atoms with Gasteiger partial charge in [0, 0.05) is 6.08 Å². The van der Waals surface area contributed by atoms with Gasteiger partial charge >= 0.3 is 6.18 Å². The highest BCUT2D eigenvalue weighted by Gasteiger charge is 2.21. The minimum Gasteiger partial charge on any atom is -0.167 e. The molecule has 0 N–H and O–H groups in total. The van der Waals surface area contributed by atoms with Crippen molar-refractivity contribution in [2.75, 3.05) is 0 Å². The highest BCUT2D eigenvalue weighted by atomic mass is 19.4. The van der Waals surface area contributed by atoms with Crippen molar-refractivity contribution in [2.45, 2.75) is 20.0 Å². The van der Waals surface area contributed by atoms with Crippen LogP contribution in [-0.2, 0) is 0 Å². The number of allylic oxidation sites excluding steroid dienone is 4. The summed E-state index contributed by atoms with van der Waals surface area (Å²) in [5.74, 6) is 0. The molecule has 0 aliphatic rings. The molecule has 0 heterocycles. The Kier molecular flexibility index (Phi) is 3.19. The molecule has 0 fully saturated rings. The van der Waals surface area contributed by atoms with Gasteiger partial charge in [0.05, 0.1) is 0 Å². The van der Waals surface area contributed by atoms with Crippen molar-refractivity contribution in [2.24, 2.45) is 0 Å². The molecule has 0 bridgehead atoms. The fourth-order valence-corrected chi connectivity index (χ4v) is 0.350. The van der Waals surface area contributed by atoms with E-state index in [1.807, 2.05) is 0 Å². The average molecular weight is 150 g/mol. The summed E-state index contributed by atoms with van der Waals surface area (Å²) < 4.78 is 34.2. The molecule has 0 aliphatic carbocycles. The van der Waals surface area contributed by atoms with E-state index >= 15 is 0 Å². The molecule has 0 aliphatic heterocycles. The largest absolute Gasteiger partial charge is 0.409 e. The van der Waals surface area contributed by atoms with Crippen molar-refractivity contribution in [3.63, 3.8) is 0 Å². The van der Waals surface area contributed by atoms with Gasteiger partial charge in [-0.25, -0.2) is 0 Å². The molecule has 0 saturated carbocycles. The van der Waals surface area contributed by atoms with Crippen molar-refractivity contribution >= 4 is 0 Å². The first-order valence-corrected chi connectivity index (χ1v) is 2.81. The van der Waals surface area contributed by atoms with Crippen LogP contribution in [0, 0.1) is 0 Å². The minimum absolute atomic E-state index is 0.208. The van der Waals surface area contributed by atoms with E-state index in [1.165, 1.54) is 6.08 Å². The Balaban J connectivity index is 3.90. The van der Waals surface area contributed by atoms with Gasteiger partial charge in [-0.1, -0.05) is 17.7 Å². The lowest BCUT2D eigenvalue weighted by Crippen LogP contribution is -1.99. The van der Waals surface area contributed by atoms with Gasteiger partial charge in [-0.2, -0.15) is 13.2 Å². The summed E-state index contributed by atoms with van der Waals surface area (Å²) >= 11 is 0. The van der Waals surface area contributed by atoms with Gasteiger partial charge in [0.15, 0.2) is 0 Å². The Hall–Kier alpha value is -0.730. The zero-order valence-corrected chi connectivity index (χ0v) is 5.87. The molecule has 0 spiro atoms. The number of halogens is 3. The molecule has 10 heavy (non-hydrogen) atoms. The quantitative estimate of drug-likeness (QED) is 0.504. The van der Waals surface area contributed by atoms with Gasteiger partial charge in [-0.15, -0.1) is 0 Å². The second-order valence-electron chi connectivity index (χ2n) is 2.14. The fourth-order valence-electron chi connectivity index (χ4n) is 0.350. The summed E-state index contributed by atoms with van der Waals surface area (Å²) in [4.78, 5) is 0. The maximum atomic E-state index is 11.4. The first-order chi connectivity index (χ1) is 4.42. The van der Waals surface area contributed by atoms with Gasteiger partial charge < -0.3 is 0 Å². The van der Waals surface area contributed by atoms with Crippen LogP contribution in [0.15, 0.2) is 23.8 Å². The van der Waals surface area contributed by atoms with E-state index in [9.17, 15) is 13.2 Å². The molecule has 0 radical (unpaired) electrons. The van der Waals surface area contributed by atoms with Crippen molar-refractivity contribution in [3.8, 4) is 0 Å². The van der Waals surface area contributed by atoms with Gasteiger partial charge in [-0.05, 0) is 13.8 Å². The maximum absolute atomic E-state index is 11.4. The van der Waals surface area contributed by atoms with E-state index in [1.54, 1.807) is 13.8 Å². The first kappa shape index (κ1) is 9.27. The number of alkyl halides is 3. The minimum atomic E-state index is -4.19. The number of hydrogen-bond donors (Lipinski definition) is 0. The molecule has 0 aromatic rings. The van der Waals surface area contributed by atoms with Gasteiger partial charge in [-0.3, -0.25) is 0 Å². The number of rotatable bonds is 1. The number of hydrogen-bond acceptors (Lipinski definition) is 0. The van der Waals surface area contributed by atoms with Crippen molar-refractivity contribution in [1.29, 1.82) is 0 Å². The van der Waals surface area contributed by atoms with Gasteiger partial charge in [0.1, 0.15) is 0 Å². The molecule has 0 unspecified atom stereocenters. The van der Waals surface area contributed by atoms with Crippen LogP contribution in [0.3, 0.4) is 0 Å². The SMILES string of the molecule is CC(C)=C/C=C/C(F)(F)F. The van der Waals surface area contributed by atoms with Crippen LogP contribution in [0.4, 0.5) is 13.2 Å².